The summed E-state index contributed by atoms with van der Waals surface area (Å²) >= 11 is 0. The summed E-state index contributed by atoms with van der Waals surface area (Å²) in [7, 11) is -1.04. The van der Waals surface area contributed by atoms with Gasteiger partial charge in [0.15, 0.2) is 0 Å². The molecule has 2 aliphatic heterocycles. The van der Waals surface area contributed by atoms with E-state index in [0.717, 1.165) is 5.56 Å². The number of amides is 2. The number of hydrogen-bond acceptors (Lipinski definition) is 6. The predicted octanol–water partition coefficient (Wildman–Crippen LogP) is 0.291. The summed E-state index contributed by atoms with van der Waals surface area (Å²) in [6.07, 6.45) is 2.39. The number of aryl methyl sites for hydroxylation is 1. The molecule has 2 fully saturated rings. The topological polar surface area (TPSA) is 139 Å². The Hall–Kier alpha value is -2.75. The number of carboxylic acids is 1. The number of fused-ring (bicyclic) bond motifs is 1. The zero-order valence-corrected chi connectivity index (χ0v) is 15.9. The number of carbonyl (C=O) groups excluding carboxylic acids is 2. The Balaban J connectivity index is 1.39. The van der Waals surface area contributed by atoms with Gasteiger partial charge in [-0.25, -0.2) is 4.79 Å². The van der Waals surface area contributed by atoms with Crippen molar-refractivity contribution in [2.75, 3.05) is 13.1 Å². The first-order valence-corrected chi connectivity index (χ1v) is 9.82. The monoisotopic (exact) mass is 402 g/mol. The number of hydrogen-bond donors (Lipinski definition) is 3. The molecule has 2 atom stereocenters. The van der Waals surface area contributed by atoms with Gasteiger partial charge in [0.05, 0.1) is 13.1 Å². The van der Waals surface area contributed by atoms with Crippen molar-refractivity contribution in [1.82, 2.24) is 4.90 Å². The van der Waals surface area contributed by atoms with Crippen LogP contribution in [0.2, 0.25) is 6.32 Å². The van der Waals surface area contributed by atoms with Crippen LogP contribution in [0.25, 0.3) is 0 Å². The van der Waals surface area contributed by atoms with Gasteiger partial charge in [0.25, 0.3) is 0 Å². The highest BCUT2D eigenvalue weighted by Crippen LogP contribution is 2.38. The molecular weight excluding hydrogens is 379 g/mol. The van der Waals surface area contributed by atoms with Gasteiger partial charge in [-0.2, -0.15) is 0 Å². The molecule has 1 aromatic carbocycles. The number of benzene rings is 1. The number of nitrogens with two attached hydrogens (primary N) is 1. The molecule has 1 aromatic rings. The number of carbonyl (C=O) groups is 3. The van der Waals surface area contributed by atoms with Gasteiger partial charge in [-0.15, -0.1) is 0 Å². The van der Waals surface area contributed by atoms with Crippen LogP contribution in [0.5, 0.6) is 11.5 Å². The van der Waals surface area contributed by atoms with Crippen LogP contribution in [0.3, 0.4) is 0 Å². The maximum atomic E-state index is 12.6. The first-order chi connectivity index (χ1) is 13.8. The summed E-state index contributed by atoms with van der Waals surface area (Å²) in [5, 5.41) is 19.3. The highest BCUT2D eigenvalue weighted by molar-refractivity contribution is 6.44. The molecule has 4 rings (SSSR count). The Morgan fingerprint density at radius 3 is 2.59 bits per heavy atom. The average Bonchev–Trinajstić information content (AvgIpc) is 3.13. The van der Waals surface area contributed by atoms with E-state index in [0.29, 0.717) is 45.1 Å². The summed E-state index contributed by atoms with van der Waals surface area (Å²) in [4.78, 5) is 37.3. The van der Waals surface area contributed by atoms with E-state index in [-0.39, 0.29) is 46.8 Å². The van der Waals surface area contributed by atoms with Crippen molar-refractivity contribution in [2.45, 2.75) is 38.1 Å². The molecule has 2 amide bonds. The van der Waals surface area contributed by atoms with E-state index in [1.165, 1.54) is 0 Å². The maximum Gasteiger partial charge on any atom is 0.522 e. The van der Waals surface area contributed by atoms with Gasteiger partial charge < -0.3 is 30.2 Å². The van der Waals surface area contributed by atoms with Crippen molar-refractivity contribution in [1.29, 1.82) is 0 Å². The zero-order chi connectivity index (χ0) is 20.7. The number of nitrogens with zero attached hydrogens (tertiary/aromatic N) is 1. The van der Waals surface area contributed by atoms with Crippen LogP contribution in [0, 0.1) is 11.8 Å². The lowest BCUT2D eigenvalue weighted by Crippen LogP contribution is -2.57. The third-order valence-electron chi connectivity index (χ3n) is 5.97. The Morgan fingerprint density at radius 2 is 1.93 bits per heavy atom. The molecule has 10 heteroatoms. The van der Waals surface area contributed by atoms with Gasteiger partial charge in [-0.3, -0.25) is 9.59 Å². The molecule has 0 spiro atoms. The van der Waals surface area contributed by atoms with Gasteiger partial charge in [0.2, 0.25) is 11.8 Å². The van der Waals surface area contributed by atoms with Gasteiger partial charge >= 0.3 is 13.1 Å². The smallest absolute Gasteiger partial charge is 0.522 e. The molecule has 2 heterocycles. The number of aromatic carboxylic acids is 1. The molecule has 9 nitrogen and oxygen atoms in total. The van der Waals surface area contributed by atoms with Crippen molar-refractivity contribution < 1.29 is 33.9 Å². The second-order valence-corrected chi connectivity index (χ2v) is 7.94. The van der Waals surface area contributed by atoms with Crippen molar-refractivity contribution >= 4 is 24.9 Å². The van der Waals surface area contributed by atoms with Gasteiger partial charge in [-0.05, 0) is 43.6 Å². The molecule has 0 unspecified atom stereocenters. The molecule has 1 aliphatic carbocycles. The Labute approximate surface area is 167 Å². The quantitative estimate of drug-likeness (QED) is 0.602. The normalized spacial score (nSPS) is 23.8. The first kappa shape index (κ1) is 19.6. The number of primary amides is 1. The lowest BCUT2D eigenvalue weighted by molar-refractivity contribution is -0.144. The molecule has 29 heavy (non-hydrogen) atoms. The van der Waals surface area contributed by atoms with Crippen molar-refractivity contribution in [2.24, 2.45) is 17.6 Å². The maximum absolute atomic E-state index is 12.6. The fraction of sp³-hybridized carbons (Fsp3) is 0.526. The number of likely N-dealkylation sites (tertiary alicyclic amines) is 1. The minimum atomic E-state index is -1.19. The van der Waals surface area contributed by atoms with E-state index in [1.54, 1.807) is 17.0 Å². The van der Waals surface area contributed by atoms with Crippen LogP contribution in [0.15, 0.2) is 12.1 Å². The van der Waals surface area contributed by atoms with Crippen molar-refractivity contribution in [3.05, 3.63) is 23.3 Å². The minimum Gasteiger partial charge on any atom is -0.535 e. The van der Waals surface area contributed by atoms with Crippen LogP contribution in [-0.2, 0) is 16.0 Å². The second-order valence-electron chi connectivity index (χ2n) is 7.94. The average molecular weight is 402 g/mol. The molecule has 0 aromatic heterocycles. The summed E-state index contributed by atoms with van der Waals surface area (Å²) in [5.74, 6) is -1.68. The fourth-order valence-electron chi connectivity index (χ4n) is 4.31. The largest absolute Gasteiger partial charge is 0.535 e. The summed E-state index contributed by atoms with van der Waals surface area (Å²) in [6.45, 7) is 0.715. The van der Waals surface area contributed by atoms with Crippen LogP contribution in [0.4, 0.5) is 0 Å². The van der Waals surface area contributed by atoms with Crippen LogP contribution in [0.1, 0.15) is 35.2 Å². The summed E-state index contributed by atoms with van der Waals surface area (Å²) < 4.78 is 11.2. The second kappa shape index (κ2) is 7.59. The van der Waals surface area contributed by atoms with E-state index in [4.69, 9.17) is 15.1 Å². The molecule has 3 aliphatic rings. The number of ether oxygens (including phenoxy) is 1. The van der Waals surface area contributed by atoms with E-state index in [1.807, 2.05) is 0 Å². The first-order valence-electron chi connectivity index (χ1n) is 9.82. The SMILES string of the molecule is NC(=O)[C@@H]1CC[C@H](C(=O)N2CC(Oc3ccc4c(c3C(=O)O)OB(O)CC4)C2)C1. The van der Waals surface area contributed by atoms with E-state index >= 15 is 0 Å². The number of rotatable bonds is 5. The summed E-state index contributed by atoms with van der Waals surface area (Å²) in [6, 6.07) is 3.34. The van der Waals surface area contributed by atoms with Crippen LogP contribution >= 0.6 is 0 Å². The molecule has 0 radical (unpaired) electrons. The van der Waals surface area contributed by atoms with Crippen LogP contribution < -0.4 is 15.1 Å². The molecule has 4 N–H and O–H groups in total. The highest BCUT2D eigenvalue weighted by atomic mass is 16.5. The third-order valence-corrected chi connectivity index (χ3v) is 5.97. The Kier molecular flexibility index (Phi) is 5.12. The van der Waals surface area contributed by atoms with Crippen molar-refractivity contribution in [3.63, 3.8) is 0 Å². The minimum absolute atomic E-state index is 0.0102. The predicted molar refractivity (Wildman–Crippen MR) is 102 cm³/mol. The van der Waals surface area contributed by atoms with Gasteiger partial charge in [0.1, 0.15) is 23.2 Å². The lowest BCUT2D eigenvalue weighted by atomic mass is 9.78. The van der Waals surface area contributed by atoms with E-state index in [9.17, 15) is 24.5 Å². The zero-order valence-electron chi connectivity index (χ0n) is 15.9. The van der Waals surface area contributed by atoms with Crippen molar-refractivity contribution in [3.8, 4) is 11.5 Å². The molecule has 0 bridgehead atoms. The Bertz CT molecular complexity index is 855. The highest BCUT2D eigenvalue weighted by Gasteiger charge is 2.40. The molecule has 1 saturated carbocycles. The van der Waals surface area contributed by atoms with Crippen LogP contribution in [-0.4, -0.2) is 59.1 Å². The van der Waals surface area contributed by atoms with E-state index in [2.05, 4.69) is 0 Å². The Morgan fingerprint density at radius 1 is 1.21 bits per heavy atom. The standard InChI is InChI=1S/C19H23BN2O7/c21-17(23)11-1-2-12(7-11)18(24)22-8-13(9-22)28-14-4-3-10-5-6-20(27)29-16(10)15(14)19(25)26/h3-4,11-13,27H,1-2,5-9H2,(H2,21,23)(H,25,26)/t11-,12+/m1/s1. The molecule has 154 valence electrons. The summed E-state index contributed by atoms with van der Waals surface area (Å²) in [5.41, 5.74) is 5.94. The number of carboxylic acid groups (broad SMARTS) is 1. The fourth-order valence-corrected chi connectivity index (χ4v) is 4.31. The lowest BCUT2D eigenvalue weighted by Gasteiger charge is -2.40. The van der Waals surface area contributed by atoms with Gasteiger partial charge in [0, 0.05) is 11.8 Å². The van der Waals surface area contributed by atoms with E-state index < -0.39 is 13.1 Å². The third kappa shape index (κ3) is 3.76. The van der Waals surface area contributed by atoms with Gasteiger partial charge in [-0.1, -0.05) is 6.07 Å². The molecular formula is C19H23BN2O7. The molecule has 1 saturated heterocycles.